The number of rotatable bonds is 4. The van der Waals surface area contributed by atoms with Crippen LogP contribution in [-0.2, 0) is 16.0 Å². The van der Waals surface area contributed by atoms with Crippen LogP contribution in [0.2, 0.25) is 0 Å². The summed E-state index contributed by atoms with van der Waals surface area (Å²) in [5, 5.41) is 2.90. The topological polar surface area (TPSA) is 53.8 Å². The summed E-state index contributed by atoms with van der Waals surface area (Å²) in [5.41, 5.74) is 1.32. The summed E-state index contributed by atoms with van der Waals surface area (Å²) < 4.78 is 5.33. The van der Waals surface area contributed by atoms with Crippen LogP contribution in [0.1, 0.15) is 5.76 Å². The van der Waals surface area contributed by atoms with Gasteiger partial charge in [-0.1, -0.05) is 36.4 Å². The summed E-state index contributed by atoms with van der Waals surface area (Å²) in [4.78, 5) is 26.1. The number of amides is 2. The second-order valence-corrected chi connectivity index (χ2v) is 5.81. The Balaban J connectivity index is 0.00000196. The molecule has 125 valence electrons. The second kappa shape index (κ2) is 7.91. The fourth-order valence-electron chi connectivity index (χ4n) is 3.03. The molecular formula is C20H16N2NaO3. The van der Waals surface area contributed by atoms with Crippen LogP contribution in [0.4, 0.5) is 11.4 Å². The van der Waals surface area contributed by atoms with Crippen molar-refractivity contribution in [2.24, 2.45) is 5.92 Å². The minimum Gasteiger partial charge on any atom is -0.469 e. The molecule has 5 nitrogen and oxygen atoms in total. The van der Waals surface area contributed by atoms with Crippen LogP contribution in [0.3, 0.4) is 0 Å². The van der Waals surface area contributed by atoms with E-state index in [4.69, 9.17) is 4.42 Å². The summed E-state index contributed by atoms with van der Waals surface area (Å²) in [7, 11) is 0. The quantitative estimate of drug-likeness (QED) is 0.534. The summed E-state index contributed by atoms with van der Waals surface area (Å²) >= 11 is 0. The first-order valence-corrected chi connectivity index (χ1v) is 8.06. The van der Waals surface area contributed by atoms with Crippen molar-refractivity contribution >= 4 is 52.7 Å². The minimum absolute atomic E-state index is 0. The van der Waals surface area contributed by atoms with E-state index in [9.17, 15) is 9.59 Å². The predicted octanol–water partition coefficient (Wildman–Crippen LogP) is 3.05. The summed E-state index contributed by atoms with van der Waals surface area (Å²) in [6, 6.07) is 21.9. The van der Waals surface area contributed by atoms with E-state index in [0.717, 1.165) is 0 Å². The Bertz CT molecular complexity index is 824. The van der Waals surface area contributed by atoms with Gasteiger partial charge >= 0.3 is 0 Å². The molecule has 0 atom stereocenters. The monoisotopic (exact) mass is 355 g/mol. The molecule has 1 radical (unpaired) electrons. The fraction of sp³-hybridized carbons (Fsp3) is 0.100. The first-order chi connectivity index (χ1) is 12.3. The third-order valence-corrected chi connectivity index (χ3v) is 4.20. The van der Waals surface area contributed by atoms with Crippen LogP contribution in [0, 0.1) is 5.92 Å². The van der Waals surface area contributed by atoms with Crippen LogP contribution in [0.25, 0.3) is 0 Å². The molecule has 0 unspecified atom stereocenters. The van der Waals surface area contributed by atoms with Gasteiger partial charge in [0.05, 0.1) is 17.6 Å². The van der Waals surface area contributed by atoms with Gasteiger partial charge in [0.25, 0.3) is 11.8 Å². The van der Waals surface area contributed by atoms with Crippen molar-refractivity contribution in [2.75, 3.05) is 10.0 Å². The summed E-state index contributed by atoms with van der Waals surface area (Å²) in [6.45, 7) is 0. The van der Waals surface area contributed by atoms with Crippen molar-refractivity contribution in [1.82, 2.24) is 0 Å². The maximum Gasteiger partial charge on any atom is 0.259 e. The third-order valence-electron chi connectivity index (χ3n) is 4.20. The van der Waals surface area contributed by atoms with Gasteiger partial charge in [-0.25, -0.2) is 10.0 Å². The van der Waals surface area contributed by atoms with Gasteiger partial charge in [0, 0.05) is 36.0 Å². The number of hydrazine groups is 1. The number of para-hydroxylation sites is 2. The van der Waals surface area contributed by atoms with E-state index in [-0.39, 0.29) is 47.8 Å². The number of hydrogen-bond donors (Lipinski definition) is 0. The van der Waals surface area contributed by atoms with Gasteiger partial charge in [0.15, 0.2) is 0 Å². The van der Waals surface area contributed by atoms with Crippen molar-refractivity contribution < 1.29 is 14.0 Å². The second-order valence-electron chi connectivity index (χ2n) is 5.81. The van der Waals surface area contributed by atoms with E-state index in [2.05, 4.69) is 0 Å². The van der Waals surface area contributed by atoms with Gasteiger partial charge in [-0.05, 0) is 36.4 Å². The SMILES string of the molecule is O=C1C(Cc2ccco2)C(=O)N(c2ccccc2)N1c1ccccc1.[Na]. The van der Waals surface area contributed by atoms with E-state index in [0.29, 0.717) is 17.1 Å². The summed E-state index contributed by atoms with van der Waals surface area (Å²) in [6.07, 6.45) is 1.79. The zero-order chi connectivity index (χ0) is 17.2. The molecule has 6 heteroatoms. The number of nitrogens with zero attached hydrogens (tertiary/aromatic N) is 2. The van der Waals surface area contributed by atoms with E-state index in [1.165, 1.54) is 10.0 Å². The number of carbonyl (C=O) groups excluding carboxylic acids is 2. The third kappa shape index (κ3) is 3.33. The molecule has 1 fully saturated rings. The van der Waals surface area contributed by atoms with Crippen molar-refractivity contribution in [3.8, 4) is 0 Å². The maximum atomic E-state index is 13.0. The number of furan rings is 1. The van der Waals surface area contributed by atoms with Crippen LogP contribution in [0.5, 0.6) is 0 Å². The molecule has 0 N–H and O–H groups in total. The van der Waals surface area contributed by atoms with Crippen LogP contribution >= 0.6 is 0 Å². The first-order valence-electron chi connectivity index (χ1n) is 8.06. The fourth-order valence-corrected chi connectivity index (χ4v) is 3.03. The van der Waals surface area contributed by atoms with Gasteiger partial charge in [-0.15, -0.1) is 0 Å². The Morgan fingerprint density at radius 2 is 1.23 bits per heavy atom. The molecule has 2 aromatic carbocycles. The van der Waals surface area contributed by atoms with Crippen LogP contribution in [-0.4, -0.2) is 41.4 Å². The van der Waals surface area contributed by atoms with Crippen LogP contribution in [0.15, 0.2) is 83.5 Å². The van der Waals surface area contributed by atoms with Crippen LogP contribution < -0.4 is 10.0 Å². The number of benzene rings is 2. The molecule has 2 heterocycles. The van der Waals surface area contributed by atoms with Crippen molar-refractivity contribution in [3.05, 3.63) is 84.8 Å². The molecule has 1 aromatic heterocycles. The average molecular weight is 355 g/mol. The van der Waals surface area contributed by atoms with Crippen molar-refractivity contribution in [2.45, 2.75) is 6.42 Å². The molecule has 0 saturated carbocycles. The Morgan fingerprint density at radius 3 is 1.65 bits per heavy atom. The standard InChI is InChI=1S/C20H16N2O3.Na/c23-19-18(14-17-12-7-13-25-17)20(24)22(16-10-5-2-6-11-16)21(19)15-8-3-1-4-9-15;/h1-13,18H,14H2;. The van der Waals surface area contributed by atoms with E-state index in [1.807, 2.05) is 60.7 Å². The number of hydrogen-bond acceptors (Lipinski definition) is 3. The van der Waals surface area contributed by atoms with E-state index >= 15 is 0 Å². The molecule has 0 spiro atoms. The summed E-state index contributed by atoms with van der Waals surface area (Å²) in [5.74, 6) is -0.686. The normalized spacial score (nSPS) is 14.6. The minimum atomic E-state index is -0.799. The molecule has 1 aliphatic rings. The first kappa shape index (κ1) is 18.5. The van der Waals surface area contributed by atoms with E-state index < -0.39 is 5.92 Å². The Kier molecular flexibility index (Phi) is 5.61. The van der Waals surface area contributed by atoms with E-state index in [1.54, 1.807) is 18.4 Å². The predicted molar refractivity (Wildman–Crippen MR) is 99.5 cm³/mol. The van der Waals surface area contributed by atoms with Gasteiger partial charge < -0.3 is 4.42 Å². The van der Waals surface area contributed by atoms with Crippen molar-refractivity contribution in [3.63, 3.8) is 0 Å². The van der Waals surface area contributed by atoms with Crippen molar-refractivity contribution in [1.29, 1.82) is 0 Å². The molecule has 1 aliphatic heterocycles. The molecule has 0 bridgehead atoms. The number of carbonyl (C=O) groups is 2. The average Bonchev–Trinajstić information content (AvgIpc) is 3.25. The number of anilines is 2. The Morgan fingerprint density at radius 1 is 0.731 bits per heavy atom. The van der Waals surface area contributed by atoms with Gasteiger partial charge in [0.1, 0.15) is 11.7 Å². The van der Waals surface area contributed by atoms with Gasteiger partial charge in [-0.3, -0.25) is 9.59 Å². The molecular weight excluding hydrogens is 339 g/mol. The smallest absolute Gasteiger partial charge is 0.259 e. The molecule has 26 heavy (non-hydrogen) atoms. The largest absolute Gasteiger partial charge is 0.469 e. The zero-order valence-electron chi connectivity index (χ0n) is 14.4. The molecule has 1 saturated heterocycles. The molecule has 4 rings (SSSR count). The molecule has 0 aliphatic carbocycles. The maximum absolute atomic E-state index is 13.0. The Hall–Kier alpha value is -2.34. The van der Waals surface area contributed by atoms with Gasteiger partial charge in [0.2, 0.25) is 0 Å². The Labute approximate surface area is 173 Å². The molecule has 3 aromatic rings. The van der Waals surface area contributed by atoms with Gasteiger partial charge in [-0.2, -0.15) is 0 Å². The molecule has 2 amide bonds. The zero-order valence-corrected chi connectivity index (χ0v) is 16.4.